The number of aromatic nitrogens is 1. The van der Waals surface area contributed by atoms with E-state index in [-0.39, 0.29) is 22.7 Å². The summed E-state index contributed by atoms with van der Waals surface area (Å²) in [6.45, 7) is 1.45. The number of benzene rings is 2. The van der Waals surface area contributed by atoms with Crippen molar-refractivity contribution in [3.8, 4) is 0 Å². The molecule has 0 amide bonds. The molecule has 0 atom stereocenters. The van der Waals surface area contributed by atoms with Crippen LogP contribution in [-0.4, -0.2) is 18.3 Å². The first-order valence-electron chi connectivity index (χ1n) is 6.96. The van der Waals surface area contributed by atoms with Crippen molar-refractivity contribution in [1.29, 1.82) is 0 Å². The first-order valence-corrected chi connectivity index (χ1v) is 9.26. The minimum atomic E-state index is -3.87. The number of hydrogen-bond donors (Lipinski definition) is 1. The Balaban J connectivity index is 1.86. The quantitative estimate of drug-likeness (QED) is 0.554. The van der Waals surface area contributed by atoms with E-state index in [1.165, 1.54) is 36.5 Å². The molecule has 2 aromatic carbocycles. The minimum absolute atomic E-state index is 0.0316. The molecule has 0 saturated heterocycles. The molecule has 1 aromatic heterocycles. The summed E-state index contributed by atoms with van der Waals surface area (Å²) in [5.41, 5.74) is 0.695. The van der Waals surface area contributed by atoms with Crippen molar-refractivity contribution in [2.75, 3.05) is 0 Å². The molecule has 0 fully saturated rings. The predicted octanol–water partition coefficient (Wildman–Crippen LogP) is 2.99. The maximum absolute atomic E-state index is 12.5. The van der Waals surface area contributed by atoms with Gasteiger partial charge in [-0.3, -0.25) is 10.1 Å². The number of nitro groups is 1. The molecule has 3 aromatic rings. The molecule has 0 aliphatic carbocycles. The highest BCUT2D eigenvalue weighted by Crippen LogP contribution is 2.25. The van der Waals surface area contributed by atoms with E-state index in [9.17, 15) is 18.5 Å². The Kier molecular flexibility index (Phi) is 4.31. The molecular weight excluding hydrogens is 350 g/mol. The SMILES string of the molecule is Cc1c([N+](=O)[O-])cccc1S(=O)(=O)NCc1nc2ccccc2s1. The summed E-state index contributed by atoms with van der Waals surface area (Å²) in [5, 5.41) is 11.6. The molecule has 24 heavy (non-hydrogen) atoms. The lowest BCUT2D eigenvalue weighted by Crippen LogP contribution is -2.24. The zero-order chi connectivity index (χ0) is 17.3. The molecule has 124 valence electrons. The van der Waals surface area contributed by atoms with Gasteiger partial charge in [0.15, 0.2) is 0 Å². The van der Waals surface area contributed by atoms with Crippen molar-refractivity contribution in [3.63, 3.8) is 0 Å². The first-order chi connectivity index (χ1) is 11.4. The Bertz CT molecular complexity index is 995. The van der Waals surface area contributed by atoms with Gasteiger partial charge in [0, 0.05) is 11.6 Å². The lowest BCUT2D eigenvalue weighted by molar-refractivity contribution is -0.385. The number of nitrogens with zero attached hydrogens (tertiary/aromatic N) is 2. The van der Waals surface area contributed by atoms with Crippen LogP contribution in [0.15, 0.2) is 47.4 Å². The predicted molar refractivity (Wildman–Crippen MR) is 91.5 cm³/mol. The maximum Gasteiger partial charge on any atom is 0.273 e. The third-order valence-corrected chi connectivity index (χ3v) is 6.08. The zero-order valence-corrected chi connectivity index (χ0v) is 14.2. The minimum Gasteiger partial charge on any atom is -0.258 e. The second kappa shape index (κ2) is 6.27. The Morgan fingerprint density at radius 2 is 1.96 bits per heavy atom. The number of hydrogen-bond acceptors (Lipinski definition) is 6. The molecular formula is C15H13N3O4S2. The first kappa shape index (κ1) is 16.5. The van der Waals surface area contributed by atoms with Crippen LogP contribution in [0.5, 0.6) is 0 Å². The topological polar surface area (TPSA) is 102 Å². The average Bonchev–Trinajstić information content (AvgIpc) is 2.96. The second-order valence-corrected chi connectivity index (χ2v) is 7.91. The monoisotopic (exact) mass is 363 g/mol. The molecule has 0 bridgehead atoms. The summed E-state index contributed by atoms with van der Waals surface area (Å²) in [4.78, 5) is 14.6. The van der Waals surface area contributed by atoms with Gasteiger partial charge in [0.25, 0.3) is 5.69 Å². The number of sulfonamides is 1. The number of thiazole rings is 1. The van der Waals surface area contributed by atoms with Crippen molar-refractivity contribution < 1.29 is 13.3 Å². The van der Waals surface area contributed by atoms with Gasteiger partial charge >= 0.3 is 0 Å². The van der Waals surface area contributed by atoms with E-state index in [1.807, 2.05) is 24.3 Å². The molecule has 1 N–H and O–H groups in total. The third kappa shape index (κ3) is 3.14. The lowest BCUT2D eigenvalue weighted by atomic mass is 10.2. The van der Waals surface area contributed by atoms with Crippen LogP contribution < -0.4 is 4.72 Å². The Morgan fingerprint density at radius 1 is 1.21 bits per heavy atom. The van der Waals surface area contributed by atoms with Gasteiger partial charge in [0.1, 0.15) is 5.01 Å². The van der Waals surface area contributed by atoms with E-state index in [4.69, 9.17) is 0 Å². The highest BCUT2D eigenvalue weighted by molar-refractivity contribution is 7.89. The largest absolute Gasteiger partial charge is 0.273 e. The van der Waals surface area contributed by atoms with Gasteiger partial charge in [0.05, 0.1) is 26.6 Å². The number of nitrogens with one attached hydrogen (secondary N) is 1. The van der Waals surface area contributed by atoms with E-state index in [0.717, 1.165) is 10.2 Å². The molecule has 7 nitrogen and oxygen atoms in total. The summed E-state index contributed by atoms with van der Waals surface area (Å²) >= 11 is 1.40. The Hall–Kier alpha value is -2.36. The van der Waals surface area contributed by atoms with Gasteiger partial charge in [-0.1, -0.05) is 18.2 Å². The number of rotatable bonds is 5. The van der Waals surface area contributed by atoms with Gasteiger partial charge in [0.2, 0.25) is 10.0 Å². The Morgan fingerprint density at radius 3 is 2.67 bits per heavy atom. The Labute approximate surface area is 142 Å². The fourth-order valence-electron chi connectivity index (χ4n) is 2.32. The van der Waals surface area contributed by atoms with Crippen LogP contribution in [0.4, 0.5) is 5.69 Å². The second-order valence-electron chi connectivity index (χ2n) is 5.06. The van der Waals surface area contributed by atoms with Crippen LogP contribution in [0.1, 0.15) is 10.6 Å². The van der Waals surface area contributed by atoms with Gasteiger partial charge in [-0.15, -0.1) is 11.3 Å². The normalized spacial score (nSPS) is 11.7. The fourth-order valence-corrected chi connectivity index (χ4v) is 4.57. The van der Waals surface area contributed by atoms with Crippen LogP contribution in [0.3, 0.4) is 0 Å². The van der Waals surface area contributed by atoms with Gasteiger partial charge in [-0.05, 0) is 25.1 Å². The summed E-state index contributed by atoms with van der Waals surface area (Å²) < 4.78 is 28.3. The maximum atomic E-state index is 12.5. The summed E-state index contributed by atoms with van der Waals surface area (Å²) in [6.07, 6.45) is 0. The molecule has 0 aliphatic rings. The smallest absolute Gasteiger partial charge is 0.258 e. The molecule has 9 heteroatoms. The number of fused-ring (bicyclic) bond motifs is 1. The van der Waals surface area contributed by atoms with Gasteiger partial charge in [-0.25, -0.2) is 18.1 Å². The number of nitro benzene ring substituents is 1. The molecule has 0 aliphatic heterocycles. The molecule has 0 spiro atoms. The lowest BCUT2D eigenvalue weighted by Gasteiger charge is -2.08. The van der Waals surface area contributed by atoms with Crippen molar-refractivity contribution in [2.45, 2.75) is 18.4 Å². The highest BCUT2D eigenvalue weighted by Gasteiger charge is 2.23. The summed E-state index contributed by atoms with van der Waals surface area (Å²) in [5.74, 6) is 0. The van der Waals surface area contributed by atoms with E-state index < -0.39 is 14.9 Å². The van der Waals surface area contributed by atoms with Crippen molar-refractivity contribution >= 4 is 37.3 Å². The van der Waals surface area contributed by atoms with Gasteiger partial charge < -0.3 is 0 Å². The third-order valence-electron chi connectivity index (χ3n) is 3.49. The van der Waals surface area contributed by atoms with E-state index in [2.05, 4.69) is 9.71 Å². The van der Waals surface area contributed by atoms with E-state index >= 15 is 0 Å². The molecule has 1 heterocycles. The van der Waals surface area contributed by atoms with Crippen molar-refractivity contribution in [1.82, 2.24) is 9.71 Å². The standard InChI is InChI=1S/C15H13N3O4S2/c1-10-12(18(19)20)6-4-8-14(10)24(21,22)16-9-15-17-11-5-2-3-7-13(11)23-15/h2-8,16H,9H2,1H3. The molecule has 0 unspecified atom stereocenters. The highest BCUT2D eigenvalue weighted by atomic mass is 32.2. The number of para-hydroxylation sites is 1. The molecule has 3 rings (SSSR count). The van der Waals surface area contributed by atoms with Crippen LogP contribution in [0, 0.1) is 17.0 Å². The molecule has 0 saturated carbocycles. The van der Waals surface area contributed by atoms with Crippen LogP contribution in [0.25, 0.3) is 10.2 Å². The fraction of sp³-hybridized carbons (Fsp3) is 0.133. The van der Waals surface area contributed by atoms with Crippen molar-refractivity contribution in [3.05, 3.63) is 63.1 Å². The van der Waals surface area contributed by atoms with Crippen LogP contribution >= 0.6 is 11.3 Å². The average molecular weight is 363 g/mol. The summed E-state index contributed by atoms with van der Waals surface area (Å²) in [7, 11) is -3.87. The molecule has 0 radical (unpaired) electrons. The van der Waals surface area contributed by atoms with Gasteiger partial charge in [-0.2, -0.15) is 0 Å². The van der Waals surface area contributed by atoms with E-state index in [1.54, 1.807) is 0 Å². The van der Waals surface area contributed by atoms with Crippen LogP contribution in [0.2, 0.25) is 0 Å². The van der Waals surface area contributed by atoms with Crippen LogP contribution in [-0.2, 0) is 16.6 Å². The van der Waals surface area contributed by atoms with E-state index in [0.29, 0.717) is 5.01 Å². The summed E-state index contributed by atoms with van der Waals surface area (Å²) in [6, 6.07) is 11.5. The van der Waals surface area contributed by atoms with Crippen molar-refractivity contribution in [2.24, 2.45) is 0 Å². The zero-order valence-electron chi connectivity index (χ0n) is 12.6.